The van der Waals surface area contributed by atoms with E-state index >= 15 is 0 Å². The highest BCUT2D eigenvalue weighted by molar-refractivity contribution is 5.95. The summed E-state index contributed by atoms with van der Waals surface area (Å²) in [5, 5.41) is 10.1. The van der Waals surface area contributed by atoms with Crippen molar-refractivity contribution in [3.8, 4) is 11.1 Å². The molecule has 5 nitrogen and oxygen atoms in total. The van der Waals surface area contributed by atoms with Crippen molar-refractivity contribution >= 4 is 5.91 Å². The van der Waals surface area contributed by atoms with Gasteiger partial charge in [0.1, 0.15) is 0 Å². The number of hydrogen-bond acceptors (Lipinski definition) is 3. The van der Waals surface area contributed by atoms with E-state index in [2.05, 4.69) is 20.5 Å². The molecule has 1 unspecified atom stereocenters. The van der Waals surface area contributed by atoms with Crippen molar-refractivity contribution < 1.29 is 4.79 Å². The maximum absolute atomic E-state index is 12.5. The van der Waals surface area contributed by atoms with Crippen molar-refractivity contribution in [1.29, 1.82) is 0 Å². The zero-order chi connectivity index (χ0) is 16.9. The number of benzene rings is 1. The number of nitrogens with one attached hydrogen (secondary N) is 2. The second-order valence-corrected chi connectivity index (χ2v) is 5.94. The van der Waals surface area contributed by atoms with Crippen LogP contribution in [-0.4, -0.2) is 27.1 Å². The Morgan fingerprint density at radius 1 is 1.21 bits per heavy atom. The third-order valence-corrected chi connectivity index (χ3v) is 3.77. The van der Waals surface area contributed by atoms with E-state index in [4.69, 9.17) is 0 Å². The zero-order valence-electron chi connectivity index (χ0n) is 13.8. The van der Waals surface area contributed by atoms with E-state index in [1.54, 1.807) is 12.4 Å². The second kappa shape index (κ2) is 7.08. The Balaban J connectivity index is 1.68. The number of carbonyl (C=O) groups is 1. The number of H-pyrrole nitrogens is 1. The molecule has 0 saturated carbocycles. The fourth-order valence-electron chi connectivity index (χ4n) is 2.62. The molecular formula is C19H20N4O. The quantitative estimate of drug-likeness (QED) is 0.758. The summed E-state index contributed by atoms with van der Waals surface area (Å²) < 4.78 is 0. The van der Waals surface area contributed by atoms with E-state index in [1.807, 2.05) is 56.3 Å². The first-order valence-corrected chi connectivity index (χ1v) is 7.94. The molecule has 2 heterocycles. The molecule has 3 aromatic rings. The molecule has 122 valence electrons. The maximum Gasteiger partial charge on any atom is 0.251 e. The highest BCUT2D eigenvalue weighted by atomic mass is 16.1. The van der Waals surface area contributed by atoms with Crippen LogP contribution in [0.15, 0.2) is 54.9 Å². The van der Waals surface area contributed by atoms with Gasteiger partial charge in [-0.3, -0.25) is 14.9 Å². The summed E-state index contributed by atoms with van der Waals surface area (Å²) in [6.45, 7) is 3.94. The molecule has 5 heteroatoms. The smallest absolute Gasteiger partial charge is 0.251 e. The summed E-state index contributed by atoms with van der Waals surface area (Å²) in [7, 11) is 0. The van der Waals surface area contributed by atoms with Gasteiger partial charge < -0.3 is 5.32 Å². The summed E-state index contributed by atoms with van der Waals surface area (Å²) in [6, 6.07) is 13.4. The first kappa shape index (κ1) is 15.9. The third-order valence-electron chi connectivity index (χ3n) is 3.77. The lowest BCUT2D eigenvalue weighted by molar-refractivity contribution is 0.0940. The minimum atomic E-state index is -0.0829. The highest BCUT2D eigenvalue weighted by Crippen LogP contribution is 2.19. The van der Waals surface area contributed by atoms with Gasteiger partial charge in [-0.15, -0.1) is 0 Å². The van der Waals surface area contributed by atoms with Gasteiger partial charge in [0.2, 0.25) is 0 Å². The molecule has 3 rings (SSSR count). The molecule has 2 aromatic heterocycles. The number of pyridine rings is 1. The molecule has 24 heavy (non-hydrogen) atoms. The minimum Gasteiger partial charge on any atom is -0.349 e. The lowest BCUT2D eigenvalue weighted by atomic mass is 10.0. The van der Waals surface area contributed by atoms with Gasteiger partial charge in [0.25, 0.3) is 5.91 Å². The third kappa shape index (κ3) is 3.87. The van der Waals surface area contributed by atoms with Crippen LogP contribution in [0.3, 0.4) is 0 Å². The largest absolute Gasteiger partial charge is 0.349 e. The van der Waals surface area contributed by atoms with E-state index in [1.165, 1.54) is 0 Å². The SMILES string of the molecule is Cc1cc(CC(C)NC(=O)c2cccc(-c3cccnc3)c2)n[nH]1. The van der Waals surface area contributed by atoms with E-state index in [-0.39, 0.29) is 11.9 Å². The van der Waals surface area contributed by atoms with Crippen molar-refractivity contribution in [2.75, 3.05) is 0 Å². The lowest BCUT2D eigenvalue weighted by Crippen LogP contribution is -2.34. The Bertz CT molecular complexity index is 826. The predicted octanol–water partition coefficient (Wildman–Crippen LogP) is 3.14. The van der Waals surface area contributed by atoms with Crippen LogP contribution in [0.4, 0.5) is 0 Å². The fourth-order valence-corrected chi connectivity index (χ4v) is 2.62. The number of hydrogen-bond donors (Lipinski definition) is 2. The number of aromatic amines is 1. The maximum atomic E-state index is 12.5. The summed E-state index contributed by atoms with van der Waals surface area (Å²) in [5.41, 5.74) is 4.58. The normalized spacial score (nSPS) is 11.9. The molecule has 0 aliphatic heterocycles. The van der Waals surface area contributed by atoms with Gasteiger partial charge >= 0.3 is 0 Å². The van der Waals surface area contributed by atoms with E-state index in [9.17, 15) is 4.79 Å². The summed E-state index contributed by atoms with van der Waals surface area (Å²) in [5.74, 6) is -0.0829. The average molecular weight is 320 g/mol. The van der Waals surface area contributed by atoms with Crippen molar-refractivity contribution in [1.82, 2.24) is 20.5 Å². The number of aryl methyl sites for hydroxylation is 1. The van der Waals surface area contributed by atoms with Gasteiger partial charge in [0.05, 0.1) is 5.69 Å². The van der Waals surface area contributed by atoms with Gasteiger partial charge in [-0.05, 0) is 43.7 Å². The molecule has 0 saturated heterocycles. The Morgan fingerprint density at radius 2 is 2.04 bits per heavy atom. The zero-order valence-corrected chi connectivity index (χ0v) is 13.8. The summed E-state index contributed by atoms with van der Waals surface area (Å²) in [4.78, 5) is 16.6. The number of carbonyl (C=O) groups excluding carboxylic acids is 1. The molecule has 0 fully saturated rings. The van der Waals surface area contributed by atoms with Gasteiger partial charge in [0, 0.05) is 41.7 Å². The molecule has 1 atom stereocenters. The van der Waals surface area contributed by atoms with Crippen molar-refractivity contribution in [3.63, 3.8) is 0 Å². The van der Waals surface area contributed by atoms with Crippen LogP contribution >= 0.6 is 0 Å². The van der Waals surface area contributed by atoms with Crippen LogP contribution in [0.2, 0.25) is 0 Å². The predicted molar refractivity (Wildman–Crippen MR) is 93.6 cm³/mol. The Morgan fingerprint density at radius 3 is 2.75 bits per heavy atom. The Kier molecular flexibility index (Phi) is 4.70. The van der Waals surface area contributed by atoms with E-state index in [0.29, 0.717) is 12.0 Å². The minimum absolute atomic E-state index is 0.00208. The van der Waals surface area contributed by atoms with Crippen LogP contribution in [0.5, 0.6) is 0 Å². The van der Waals surface area contributed by atoms with Gasteiger partial charge in [0.15, 0.2) is 0 Å². The molecular weight excluding hydrogens is 300 g/mol. The number of aromatic nitrogens is 3. The average Bonchev–Trinajstić information content (AvgIpc) is 3.00. The van der Waals surface area contributed by atoms with Crippen LogP contribution in [-0.2, 0) is 6.42 Å². The van der Waals surface area contributed by atoms with E-state index in [0.717, 1.165) is 22.5 Å². The highest BCUT2D eigenvalue weighted by Gasteiger charge is 2.12. The van der Waals surface area contributed by atoms with Crippen molar-refractivity contribution in [3.05, 3.63) is 71.8 Å². The molecule has 0 bridgehead atoms. The summed E-state index contributed by atoms with van der Waals surface area (Å²) >= 11 is 0. The molecule has 1 amide bonds. The van der Waals surface area contributed by atoms with Crippen LogP contribution in [0, 0.1) is 6.92 Å². The molecule has 2 N–H and O–H groups in total. The van der Waals surface area contributed by atoms with E-state index < -0.39 is 0 Å². The molecule has 0 spiro atoms. The van der Waals surface area contributed by atoms with Crippen LogP contribution in [0.1, 0.15) is 28.7 Å². The molecule has 0 radical (unpaired) electrons. The van der Waals surface area contributed by atoms with Gasteiger partial charge in [-0.2, -0.15) is 5.10 Å². The lowest BCUT2D eigenvalue weighted by Gasteiger charge is -2.13. The molecule has 0 aliphatic rings. The first-order valence-electron chi connectivity index (χ1n) is 7.94. The second-order valence-electron chi connectivity index (χ2n) is 5.94. The van der Waals surface area contributed by atoms with Crippen LogP contribution < -0.4 is 5.32 Å². The molecule has 1 aromatic carbocycles. The Labute approximate surface area is 141 Å². The van der Waals surface area contributed by atoms with Crippen molar-refractivity contribution in [2.45, 2.75) is 26.3 Å². The number of amides is 1. The van der Waals surface area contributed by atoms with Crippen molar-refractivity contribution in [2.24, 2.45) is 0 Å². The first-order chi connectivity index (χ1) is 11.6. The molecule has 0 aliphatic carbocycles. The van der Waals surface area contributed by atoms with Crippen LogP contribution in [0.25, 0.3) is 11.1 Å². The van der Waals surface area contributed by atoms with Gasteiger partial charge in [-0.25, -0.2) is 0 Å². The monoisotopic (exact) mass is 320 g/mol. The summed E-state index contributed by atoms with van der Waals surface area (Å²) in [6.07, 6.45) is 4.22. The topological polar surface area (TPSA) is 70.7 Å². The Hall–Kier alpha value is -2.95. The number of nitrogens with zero attached hydrogens (tertiary/aromatic N) is 2. The van der Waals surface area contributed by atoms with Gasteiger partial charge in [-0.1, -0.05) is 18.2 Å². The standard InChI is InChI=1S/C19H20N4O/c1-13(9-18-10-14(2)22-23-18)21-19(24)16-6-3-5-15(11-16)17-7-4-8-20-12-17/h3-8,10-13H,9H2,1-2H3,(H,21,24)(H,22,23). The number of rotatable bonds is 5. The fraction of sp³-hybridized carbons (Fsp3) is 0.211.